The number of hydrogen-bond donors (Lipinski definition) is 1. The van der Waals surface area contributed by atoms with Gasteiger partial charge in [-0.15, -0.1) is 0 Å². The summed E-state index contributed by atoms with van der Waals surface area (Å²) in [5, 5.41) is 2.63. The van der Waals surface area contributed by atoms with Gasteiger partial charge in [0.2, 0.25) is 5.91 Å². The molecule has 1 amide bonds. The van der Waals surface area contributed by atoms with Gasteiger partial charge in [-0.25, -0.2) is 8.42 Å². The van der Waals surface area contributed by atoms with E-state index in [1.807, 2.05) is 26.0 Å². The summed E-state index contributed by atoms with van der Waals surface area (Å²) in [4.78, 5) is 12.1. The molecule has 0 saturated heterocycles. The van der Waals surface area contributed by atoms with Crippen LogP contribution < -0.4 is 10.1 Å². The number of rotatable bonds is 8. The minimum atomic E-state index is -3.60. The maximum atomic E-state index is 12.3. The molecule has 0 radical (unpaired) electrons. The standard InChI is InChI=1S/C19H23NO4S/c1-3-15-9-11-17(12-10-15)20-19(21)14-25(22,23)13-16-7-5-6-8-18(16)24-4-2/h5-12H,3-4,13-14H2,1-2H3,(H,20,21). The van der Waals surface area contributed by atoms with Gasteiger partial charge in [0, 0.05) is 11.3 Å². The third-order valence-corrected chi connectivity index (χ3v) is 5.10. The Bertz CT molecular complexity index is 814. The third kappa shape index (κ3) is 5.90. The molecule has 0 aromatic heterocycles. The number of para-hydroxylation sites is 1. The van der Waals surface area contributed by atoms with E-state index in [2.05, 4.69) is 5.32 Å². The highest BCUT2D eigenvalue weighted by Crippen LogP contribution is 2.21. The van der Waals surface area contributed by atoms with E-state index < -0.39 is 21.5 Å². The van der Waals surface area contributed by atoms with Gasteiger partial charge in [0.15, 0.2) is 9.84 Å². The van der Waals surface area contributed by atoms with Crippen LogP contribution >= 0.6 is 0 Å². The molecule has 2 aromatic rings. The molecule has 0 bridgehead atoms. The SMILES string of the molecule is CCOc1ccccc1CS(=O)(=O)CC(=O)Nc1ccc(CC)cc1. The van der Waals surface area contributed by atoms with Crippen molar-refractivity contribution < 1.29 is 17.9 Å². The highest BCUT2D eigenvalue weighted by molar-refractivity contribution is 7.91. The minimum absolute atomic E-state index is 0.231. The van der Waals surface area contributed by atoms with Crippen molar-refractivity contribution in [2.75, 3.05) is 17.7 Å². The predicted octanol–water partition coefficient (Wildman–Crippen LogP) is 3.20. The summed E-state index contributed by atoms with van der Waals surface area (Å²) in [6.07, 6.45) is 0.905. The Labute approximate surface area is 148 Å². The van der Waals surface area contributed by atoms with Crippen LogP contribution in [0.2, 0.25) is 0 Å². The number of hydrogen-bond acceptors (Lipinski definition) is 4. The first-order valence-electron chi connectivity index (χ1n) is 8.23. The Hall–Kier alpha value is -2.34. The molecule has 0 aliphatic carbocycles. The number of ether oxygens (including phenoxy) is 1. The first kappa shape index (κ1) is 19.0. The van der Waals surface area contributed by atoms with Crippen molar-refractivity contribution >= 4 is 21.4 Å². The Kier molecular flexibility index (Phi) is 6.58. The predicted molar refractivity (Wildman–Crippen MR) is 99.6 cm³/mol. The van der Waals surface area contributed by atoms with Gasteiger partial charge in [0.1, 0.15) is 11.5 Å². The minimum Gasteiger partial charge on any atom is -0.494 e. The van der Waals surface area contributed by atoms with E-state index in [0.717, 1.165) is 12.0 Å². The fourth-order valence-corrected chi connectivity index (χ4v) is 3.71. The van der Waals surface area contributed by atoms with Crippen LogP contribution in [0.3, 0.4) is 0 Å². The molecule has 134 valence electrons. The molecule has 0 heterocycles. The Morgan fingerprint density at radius 1 is 1.04 bits per heavy atom. The zero-order valence-corrected chi connectivity index (χ0v) is 15.3. The summed E-state index contributed by atoms with van der Waals surface area (Å²) in [5.41, 5.74) is 2.30. The van der Waals surface area contributed by atoms with E-state index in [0.29, 0.717) is 23.6 Å². The fraction of sp³-hybridized carbons (Fsp3) is 0.316. The number of amides is 1. The van der Waals surface area contributed by atoms with Gasteiger partial charge in [-0.3, -0.25) is 4.79 Å². The van der Waals surface area contributed by atoms with Gasteiger partial charge in [0.25, 0.3) is 0 Å². The first-order valence-corrected chi connectivity index (χ1v) is 10.1. The van der Waals surface area contributed by atoms with Crippen LogP contribution in [0.15, 0.2) is 48.5 Å². The second-order valence-electron chi connectivity index (χ2n) is 5.67. The van der Waals surface area contributed by atoms with E-state index in [4.69, 9.17) is 4.74 Å². The lowest BCUT2D eigenvalue weighted by molar-refractivity contribution is -0.113. The lowest BCUT2D eigenvalue weighted by Crippen LogP contribution is -2.24. The Balaban J connectivity index is 2.01. The number of anilines is 1. The summed E-state index contributed by atoms with van der Waals surface area (Å²) in [7, 11) is -3.60. The topological polar surface area (TPSA) is 72.5 Å². The number of benzene rings is 2. The van der Waals surface area contributed by atoms with Gasteiger partial charge < -0.3 is 10.1 Å². The smallest absolute Gasteiger partial charge is 0.239 e. The molecule has 0 aliphatic rings. The van der Waals surface area contributed by atoms with E-state index in [1.165, 1.54) is 0 Å². The van der Waals surface area contributed by atoms with E-state index in [9.17, 15) is 13.2 Å². The zero-order valence-electron chi connectivity index (χ0n) is 14.5. The van der Waals surface area contributed by atoms with Crippen molar-refractivity contribution in [1.82, 2.24) is 0 Å². The lowest BCUT2D eigenvalue weighted by Gasteiger charge is -2.11. The van der Waals surface area contributed by atoms with E-state index in [1.54, 1.807) is 36.4 Å². The largest absolute Gasteiger partial charge is 0.494 e. The Morgan fingerprint density at radius 3 is 2.36 bits per heavy atom. The zero-order chi connectivity index (χ0) is 18.3. The van der Waals surface area contributed by atoms with Gasteiger partial charge in [-0.05, 0) is 37.1 Å². The first-order chi connectivity index (χ1) is 11.9. The van der Waals surface area contributed by atoms with Crippen LogP contribution in [-0.2, 0) is 26.8 Å². The highest BCUT2D eigenvalue weighted by Gasteiger charge is 2.19. The molecular formula is C19H23NO4S. The number of carbonyl (C=O) groups excluding carboxylic acids is 1. The van der Waals surface area contributed by atoms with Gasteiger partial charge >= 0.3 is 0 Å². The molecule has 0 aliphatic heterocycles. The van der Waals surface area contributed by atoms with E-state index in [-0.39, 0.29) is 5.75 Å². The molecular weight excluding hydrogens is 338 g/mol. The third-order valence-electron chi connectivity index (χ3n) is 3.64. The van der Waals surface area contributed by atoms with Crippen molar-refractivity contribution in [3.8, 4) is 5.75 Å². The van der Waals surface area contributed by atoms with Crippen LogP contribution in [-0.4, -0.2) is 26.7 Å². The normalized spacial score (nSPS) is 11.1. The molecule has 0 unspecified atom stereocenters. The van der Waals surface area contributed by atoms with Gasteiger partial charge in [0.05, 0.1) is 12.4 Å². The number of carbonyl (C=O) groups is 1. The molecule has 0 spiro atoms. The summed E-state index contributed by atoms with van der Waals surface area (Å²) in [6.45, 7) is 4.33. The lowest BCUT2D eigenvalue weighted by atomic mass is 10.1. The summed E-state index contributed by atoms with van der Waals surface area (Å²) in [6, 6.07) is 14.3. The van der Waals surface area contributed by atoms with Crippen LogP contribution in [0.1, 0.15) is 25.0 Å². The average Bonchev–Trinajstić information content (AvgIpc) is 2.56. The molecule has 2 aromatic carbocycles. The second-order valence-corrected chi connectivity index (χ2v) is 7.74. The number of sulfone groups is 1. The molecule has 0 fully saturated rings. The highest BCUT2D eigenvalue weighted by atomic mass is 32.2. The monoisotopic (exact) mass is 361 g/mol. The van der Waals surface area contributed by atoms with Crippen LogP contribution in [0.4, 0.5) is 5.69 Å². The molecule has 5 nitrogen and oxygen atoms in total. The van der Waals surface area contributed by atoms with Crippen molar-refractivity contribution in [2.24, 2.45) is 0 Å². The summed E-state index contributed by atoms with van der Waals surface area (Å²) in [5.74, 6) is -0.809. The van der Waals surface area contributed by atoms with Crippen LogP contribution in [0.5, 0.6) is 5.75 Å². The molecule has 0 atom stereocenters. The van der Waals surface area contributed by atoms with E-state index >= 15 is 0 Å². The quantitative estimate of drug-likeness (QED) is 0.784. The summed E-state index contributed by atoms with van der Waals surface area (Å²) < 4.78 is 30.1. The van der Waals surface area contributed by atoms with Crippen molar-refractivity contribution in [1.29, 1.82) is 0 Å². The number of nitrogens with one attached hydrogen (secondary N) is 1. The maximum absolute atomic E-state index is 12.3. The summed E-state index contributed by atoms with van der Waals surface area (Å²) >= 11 is 0. The van der Waals surface area contributed by atoms with Crippen LogP contribution in [0.25, 0.3) is 0 Å². The molecule has 0 saturated carbocycles. The molecule has 25 heavy (non-hydrogen) atoms. The van der Waals surface area contributed by atoms with Gasteiger partial charge in [-0.1, -0.05) is 37.3 Å². The molecule has 2 rings (SSSR count). The fourth-order valence-electron chi connectivity index (χ4n) is 2.43. The van der Waals surface area contributed by atoms with Crippen molar-refractivity contribution in [3.05, 3.63) is 59.7 Å². The maximum Gasteiger partial charge on any atom is 0.239 e. The Morgan fingerprint density at radius 2 is 1.72 bits per heavy atom. The second kappa shape index (κ2) is 8.67. The van der Waals surface area contributed by atoms with Crippen LogP contribution in [0, 0.1) is 0 Å². The van der Waals surface area contributed by atoms with Crippen molar-refractivity contribution in [3.63, 3.8) is 0 Å². The number of aryl methyl sites for hydroxylation is 1. The molecule has 6 heteroatoms. The average molecular weight is 361 g/mol. The molecule has 1 N–H and O–H groups in total. The van der Waals surface area contributed by atoms with Gasteiger partial charge in [-0.2, -0.15) is 0 Å². The van der Waals surface area contributed by atoms with Crippen molar-refractivity contribution in [2.45, 2.75) is 26.0 Å².